The number of benzene rings is 3. The van der Waals surface area contributed by atoms with Gasteiger partial charge < -0.3 is 0 Å². The van der Waals surface area contributed by atoms with Crippen LogP contribution in [0, 0.1) is 10.1 Å². The summed E-state index contributed by atoms with van der Waals surface area (Å²) in [7, 11) is 0. The molecule has 3 heteroatoms. The summed E-state index contributed by atoms with van der Waals surface area (Å²) in [4.78, 5) is 10.3. The van der Waals surface area contributed by atoms with Crippen LogP contribution in [0.1, 0.15) is 0 Å². The second-order valence-corrected chi connectivity index (χ2v) is 4.75. The van der Waals surface area contributed by atoms with Crippen molar-refractivity contribution in [1.29, 1.82) is 0 Å². The lowest BCUT2D eigenvalue weighted by atomic mass is 9.99. The Morgan fingerprint density at radius 2 is 1.14 bits per heavy atom. The van der Waals surface area contributed by atoms with Crippen LogP contribution >= 0.6 is 0 Å². The van der Waals surface area contributed by atoms with Crippen molar-refractivity contribution in [3.63, 3.8) is 0 Å². The second kappa shape index (κ2) is 5.59. The van der Waals surface area contributed by atoms with Crippen molar-refractivity contribution >= 4 is 5.69 Å². The highest BCUT2D eigenvalue weighted by Gasteiger charge is 2.06. The van der Waals surface area contributed by atoms with Crippen molar-refractivity contribution in [1.82, 2.24) is 0 Å². The third-order valence-electron chi connectivity index (χ3n) is 3.38. The van der Waals surface area contributed by atoms with Crippen LogP contribution in [-0.4, -0.2) is 4.92 Å². The lowest BCUT2D eigenvalue weighted by Gasteiger charge is -2.06. The Morgan fingerprint density at radius 1 is 0.619 bits per heavy atom. The summed E-state index contributed by atoms with van der Waals surface area (Å²) in [5.41, 5.74) is 4.41. The number of nitro benzene ring substituents is 1. The topological polar surface area (TPSA) is 43.1 Å². The lowest BCUT2D eigenvalue weighted by molar-refractivity contribution is -0.384. The summed E-state index contributed by atoms with van der Waals surface area (Å²) in [5.74, 6) is 0. The molecule has 0 bridgehead atoms. The molecule has 3 aromatic carbocycles. The fourth-order valence-corrected chi connectivity index (χ4v) is 2.28. The minimum absolute atomic E-state index is 0.109. The molecule has 21 heavy (non-hydrogen) atoms. The van der Waals surface area contributed by atoms with Crippen molar-refractivity contribution in [3.05, 3.63) is 89.0 Å². The molecule has 0 saturated heterocycles. The van der Waals surface area contributed by atoms with E-state index in [1.54, 1.807) is 12.1 Å². The number of hydrogen-bond donors (Lipinski definition) is 0. The molecule has 0 spiro atoms. The average Bonchev–Trinajstić information content (AvgIpc) is 2.56. The third kappa shape index (κ3) is 2.82. The highest BCUT2D eigenvalue weighted by atomic mass is 16.6. The van der Waals surface area contributed by atoms with E-state index in [2.05, 4.69) is 24.3 Å². The van der Waals surface area contributed by atoms with Crippen LogP contribution in [0.4, 0.5) is 5.69 Å². The standard InChI is InChI=1S/C18H13NO2/c20-19(21)18-11-9-15(10-12-18)17-8-4-7-16(13-17)14-5-2-1-3-6-14/h1-13H. The van der Waals surface area contributed by atoms with Crippen LogP contribution in [0.2, 0.25) is 0 Å². The summed E-state index contributed by atoms with van der Waals surface area (Å²) < 4.78 is 0. The maximum absolute atomic E-state index is 10.7. The first kappa shape index (κ1) is 13.1. The number of nitrogens with zero attached hydrogens (tertiary/aromatic N) is 1. The Kier molecular flexibility index (Phi) is 3.48. The predicted molar refractivity (Wildman–Crippen MR) is 84.0 cm³/mol. The highest BCUT2D eigenvalue weighted by Crippen LogP contribution is 2.27. The Labute approximate surface area is 122 Å². The van der Waals surface area contributed by atoms with E-state index in [1.165, 1.54) is 12.1 Å². The van der Waals surface area contributed by atoms with Crippen molar-refractivity contribution in [3.8, 4) is 22.3 Å². The van der Waals surface area contributed by atoms with Crippen molar-refractivity contribution in [2.75, 3.05) is 0 Å². The Hall–Kier alpha value is -2.94. The van der Waals surface area contributed by atoms with Gasteiger partial charge in [-0.15, -0.1) is 0 Å². The van der Waals surface area contributed by atoms with Gasteiger partial charge in [0.1, 0.15) is 0 Å². The SMILES string of the molecule is O=[N+]([O-])c1ccc(-c2cccc(-c3ccccc3)c2)cc1. The van der Waals surface area contributed by atoms with E-state index in [0.717, 1.165) is 22.3 Å². The van der Waals surface area contributed by atoms with Crippen LogP contribution in [0.3, 0.4) is 0 Å². The quantitative estimate of drug-likeness (QED) is 0.502. The minimum Gasteiger partial charge on any atom is -0.258 e. The fourth-order valence-electron chi connectivity index (χ4n) is 2.28. The zero-order valence-corrected chi connectivity index (χ0v) is 11.3. The molecule has 102 valence electrons. The van der Waals surface area contributed by atoms with E-state index >= 15 is 0 Å². The van der Waals surface area contributed by atoms with Gasteiger partial charge in [-0.1, -0.05) is 48.5 Å². The largest absolute Gasteiger partial charge is 0.269 e. The van der Waals surface area contributed by atoms with Crippen molar-refractivity contribution < 1.29 is 4.92 Å². The Balaban J connectivity index is 1.98. The predicted octanol–water partition coefficient (Wildman–Crippen LogP) is 4.93. The molecular weight excluding hydrogens is 262 g/mol. The summed E-state index contributed by atoms with van der Waals surface area (Å²) in [6.07, 6.45) is 0. The molecule has 0 radical (unpaired) electrons. The molecule has 0 aliphatic rings. The number of non-ortho nitro benzene ring substituents is 1. The van der Waals surface area contributed by atoms with Crippen LogP contribution in [0.5, 0.6) is 0 Å². The number of hydrogen-bond acceptors (Lipinski definition) is 2. The Bertz CT molecular complexity index is 765. The molecule has 0 saturated carbocycles. The number of rotatable bonds is 3. The van der Waals surface area contributed by atoms with Gasteiger partial charge in [0.25, 0.3) is 5.69 Å². The van der Waals surface area contributed by atoms with Gasteiger partial charge in [0.2, 0.25) is 0 Å². The highest BCUT2D eigenvalue weighted by molar-refractivity contribution is 5.73. The van der Waals surface area contributed by atoms with E-state index in [4.69, 9.17) is 0 Å². The molecule has 0 aromatic heterocycles. The van der Waals surface area contributed by atoms with Gasteiger partial charge >= 0.3 is 0 Å². The fraction of sp³-hybridized carbons (Fsp3) is 0. The van der Waals surface area contributed by atoms with Gasteiger partial charge in [-0.05, 0) is 40.5 Å². The average molecular weight is 275 g/mol. The van der Waals surface area contributed by atoms with Gasteiger partial charge in [-0.3, -0.25) is 10.1 Å². The van der Waals surface area contributed by atoms with E-state index < -0.39 is 0 Å². The molecule has 0 heterocycles. The van der Waals surface area contributed by atoms with Crippen molar-refractivity contribution in [2.24, 2.45) is 0 Å². The zero-order valence-electron chi connectivity index (χ0n) is 11.3. The van der Waals surface area contributed by atoms with E-state index in [-0.39, 0.29) is 10.6 Å². The minimum atomic E-state index is -0.385. The molecule has 0 N–H and O–H groups in total. The molecule has 3 nitrogen and oxygen atoms in total. The molecule has 0 atom stereocenters. The maximum Gasteiger partial charge on any atom is 0.269 e. The molecule has 0 fully saturated rings. The monoisotopic (exact) mass is 275 g/mol. The molecule has 0 unspecified atom stereocenters. The van der Waals surface area contributed by atoms with Gasteiger partial charge in [0.05, 0.1) is 4.92 Å². The van der Waals surface area contributed by atoms with E-state index in [1.807, 2.05) is 30.3 Å². The summed E-state index contributed by atoms with van der Waals surface area (Å²) in [6.45, 7) is 0. The molecule has 3 aromatic rings. The maximum atomic E-state index is 10.7. The molecule has 0 amide bonds. The first-order chi connectivity index (χ1) is 10.2. The third-order valence-corrected chi connectivity index (χ3v) is 3.38. The lowest BCUT2D eigenvalue weighted by Crippen LogP contribution is -1.87. The summed E-state index contributed by atoms with van der Waals surface area (Å²) >= 11 is 0. The van der Waals surface area contributed by atoms with Crippen LogP contribution in [0.25, 0.3) is 22.3 Å². The second-order valence-electron chi connectivity index (χ2n) is 4.75. The molecular formula is C18H13NO2. The molecule has 0 aliphatic carbocycles. The van der Waals surface area contributed by atoms with Crippen molar-refractivity contribution in [2.45, 2.75) is 0 Å². The van der Waals surface area contributed by atoms with E-state index in [9.17, 15) is 10.1 Å². The molecule has 0 aliphatic heterocycles. The number of nitro groups is 1. The zero-order chi connectivity index (χ0) is 14.7. The summed E-state index contributed by atoms with van der Waals surface area (Å²) in [5, 5.41) is 10.7. The Morgan fingerprint density at radius 3 is 1.71 bits per heavy atom. The summed E-state index contributed by atoms with van der Waals surface area (Å²) in [6, 6.07) is 24.9. The molecule has 3 rings (SSSR count). The first-order valence-electron chi connectivity index (χ1n) is 6.64. The van der Waals surface area contributed by atoms with Crippen LogP contribution in [0.15, 0.2) is 78.9 Å². The van der Waals surface area contributed by atoms with Gasteiger partial charge in [-0.2, -0.15) is 0 Å². The van der Waals surface area contributed by atoms with Gasteiger partial charge in [-0.25, -0.2) is 0 Å². The van der Waals surface area contributed by atoms with Crippen LogP contribution in [-0.2, 0) is 0 Å². The first-order valence-corrected chi connectivity index (χ1v) is 6.64. The van der Waals surface area contributed by atoms with Crippen LogP contribution < -0.4 is 0 Å². The normalized spacial score (nSPS) is 10.3. The van der Waals surface area contributed by atoms with Gasteiger partial charge in [0, 0.05) is 12.1 Å². The smallest absolute Gasteiger partial charge is 0.258 e. The van der Waals surface area contributed by atoms with Gasteiger partial charge in [0.15, 0.2) is 0 Å². The van der Waals surface area contributed by atoms with E-state index in [0.29, 0.717) is 0 Å².